The standard InChI is InChI=1S/C18H34O4.K/c19-17(20)15-13-11-9-7-5-3-1-2-4-6-8-10-12-14-16-18(21)22;/h1-16H2,(H,19,20)(H,21,22);/q;+1/p-1. The molecular formula is C18H33KO4. The zero-order valence-electron chi connectivity index (χ0n) is 15.0. The second kappa shape index (κ2) is 20.6. The Hall–Kier alpha value is 0.576. The topological polar surface area (TPSA) is 77.4 Å². The van der Waals surface area contributed by atoms with E-state index in [1.165, 1.54) is 57.8 Å². The molecule has 0 atom stereocenters. The molecule has 23 heavy (non-hydrogen) atoms. The number of carbonyl (C=O) groups is 2. The summed E-state index contributed by atoms with van der Waals surface area (Å²) in [4.78, 5) is 20.6. The first-order valence-electron chi connectivity index (χ1n) is 9.04. The van der Waals surface area contributed by atoms with Crippen LogP contribution in [0.25, 0.3) is 0 Å². The quantitative estimate of drug-likeness (QED) is 0.314. The first-order valence-corrected chi connectivity index (χ1v) is 9.04. The molecule has 0 amide bonds. The summed E-state index contributed by atoms with van der Waals surface area (Å²) in [5.41, 5.74) is 0. The average molecular weight is 353 g/mol. The number of carbonyl (C=O) groups excluding carboxylic acids is 1. The zero-order chi connectivity index (χ0) is 16.5. The Morgan fingerprint density at radius 2 is 0.826 bits per heavy atom. The van der Waals surface area contributed by atoms with Crippen molar-refractivity contribution in [2.24, 2.45) is 0 Å². The summed E-state index contributed by atoms with van der Waals surface area (Å²) in [7, 11) is 0. The second-order valence-corrected chi connectivity index (χ2v) is 6.22. The van der Waals surface area contributed by atoms with Crippen LogP contribution in [0, 0.1) is 0 Å². The van der Waals surface area contributed by atoms with Crippen LogP contribution < -0.4 is 56.5 Å². The summed E-state index contributed by atoms with van der Waals surface area (Å²) in [6.45, 7) is 0. The molecule has 0 heterocycles. The van der Waals surface area contributed by atoms with Crippen LogP contribution in [-0.4, -0.2) is 17.0 Å². The normalized spacial score (nSPS) is 10.3. The van der Waals surface area contributed by atoms with Gasteiger partial charge in [-0.1, -0.05) is 77.0 Å². The minimum Gasteiger partial charge on any atom is -0.550 e. The number of aliphatic carboxylic acids is 2. The first kappa shape index (κ1) is 25.8. The number of hydrogen-bond donors (Lipinski definition) is 1. The molecule has 0 unspecified atom stereocenters. The smallest absolute Gasteiger partial charge is 0.550 e. The minimum atomic E-state index is -0.929. The zero-order valence-corrected chi connectivity index (χ0v) is 18.1. The van der Waals surface area contributed by atoms with Crippen molar-refractivity contribution in [3.8, 4) is 0 Å². The van der Waals surface area contributed by atoms with E-state index in [2.05, 4.69) is 0 Å². The van der Waals surface area contributed by atoms with Gasteiger partial charge in [0.1, 0.15) is 0 Å². The third-order valence-corrected chi connectivity index (χ3v) is 4.02. The average Bonchev–Trinajstić information content (AvgIpc) is 2.46. The summed E-state index contributed by atoms with van der Waals surface area (Å²) in [5.74, 6) is -1.61. The van der Waals surface area contributed by atoms with Gasteiger partial charge in [-0.15, -0.1) is 0 Å². The Bertz CT molecular complexity index is 254. The Morgan fingerprint density at radius 3 is 1.09 bits per heavy atom. The summed E-state index contributed by atoms with van der Waals surface area (Å²) >= 11 is 0. The van der Waals surface area contributed by atoms with Gasteiger partial charge < -0.3 is 15.0 Å². The molecule has 0 saturated heterocycles. The van der Waals surface area contributed by atoms with Crippen molar-refractivity contribution < 1.29 is 71.2 Å². The van der Waals surface area contributed by atoms with Crippen molar-refractivity contribution in [2.45, 2.75) is 103 Å². The van der Waals surface area contributed by atoms with Crippen LogP contribution in [0.3, 0.4) is 0 Å². The van der Waals surface area contributed by atoms with Gasteiger partial charge in [-0.3, -0.25) is 4.79 Å². The van der Waals surface area contributed by atoms with Crippen LogP contribution in [0.15, 0.2) is 0 Å². The van der Waals surface area contributed by atoms with E-state index in [0.29, 0.717) is 6.42 Å². The molecule has 0 bridgehead atoms. The van der Waals surface area contributed by atoms with Gasteiger partial charge in [0.2, 0.25) is 0 Å². The van der Waals surface area contributed by atoms with Gasteiger partial charge in [-0.2, -0.15) is 0 Å². The largest absolute Gasteiger partial charge is 1.00 e. The summed E-state index contributed by atoms with van der Waals surface area (Å²) in [5, 5.41) is 18.7. The van der Waals surface area contributed by atoms with Gasteiger partial charge in [-0.05, 0) is 19.3 Å². The fraction of sp³-hybridized carbons (Fsp3) is 0.889. The third kappa shape index (κ3) is 24.9. The molecule has 0 aromatic heterocycles. The number of carboxylic acids is 2. The molecule has 0 rings (SSSR count). The number of unbranched alkanes of at least 4 members (excludes halogenated alkanes) is 13. The molecule has 130 valence electrons. The van der Waals surface area contributed by atoms with Gasteiger partial charge >= 0.3 is 57.4 Å². The van der Waals surface area contributed by atoms with Crippen molar-refractivity contribution >= 4 is 11.9 Å². The molecule has 5 heteroatoms. The second-order valence-electron chi connectivity index (χ2n) is 6.22. The minimum absolute atomic E-state index is 0. The van der Waals surface area contributed by atoms with Crippen LogP contribution in [0.5, 0.6) is 0 Å². The van der Waals surface area contributed by atoms with Crippen LogP contribution in [-0.2, 0) is 9.59 Å². The summed E-state index contributed by atoms with van der Waals surface area (Å²) in [6.07, 6.45) is 16.6. The van der Waals surface area contributed by atoms with Crippen LogP contribution in [0.2, 0.25) is 0 Å². The Labute approximate surface area is 184 Å². The Morgan fingerprint density at radius 1 is 0.565 bits per heavy atom. The number of rotatable bonds is 17. The maximum atomic E-state index is 10.3. The molecule has 0 aliphatic rings. The molecular weight excluding hydrogens is 319 g/mol. The number of hydrogen-bond acceptors (Lipinski definition) is 3. The number of carboxylic acid groups (broad SMARTS) is 2. The van der Waals surface area contributed by atoms with Crippen LogP contribution in [0.1, 0.15) is 103 Å². The molecule has 0 spiro atoms. The molecule has 0 aliphatic carbocycles. The third-order valence-electron chi connectivity index (χ3n) is 4.02. The summed E-state index contributed by atoms with van der Waals surface area (Å²) in [6, 6.07) is 0. The van der Waals surface area contributed by atoms with Crippen LogP contribution in [0.4, 0.5) is 0 Å². The molecule has 0 radical (unpaired) electrons. The Balaban J connectivity index is 0. The van der Waals surface area contributed by atoms with Crippen molar-refractivity contribution in [1.29, 1.82) is 0 Å². The fourth-order valence-electron chi connectivity index (χ4n) is 2.67. The van der Waals surface area contributed by atoms with Gasteiger partial charge in [0.25, 0.3) is 0 Å². The molecule has 0 fully saturated rings. The van der Waals surface area contributed by atoms with E-state index in [1.807, 2.05) is 0 Å². The van der Waals surface area contributed by atoms with Crippen LogP contribution >= 0.6 is 0 Å². The van der Waals surface area contributed by atoms with Crippen molar-refractivity contribution in [1.82, 2.24) is 0 Å². The van der Waals surface area contributed by atoms with E-state index in [9.17, 15) is 14.7 Å². The summed E-state index contributed by atoms with van der Waals surface area (Å²) < 4.78 is 0. The maximum absolute atomic E-state index is 10.3. The van der Waals surface area contributed by atoms with E-state index >= 15 is 0 Å². The molecule has 0 aromatic carbocycles. The van der Waals surface area contributed by atoms with Crippen molar-refractivity contribution in [3.63, 3.8) is 0 Å². The van der Waals surface area contributed by atoms with Gasteiger partial charge in [0.15, 0.2) is 0 Å². The predicted molar refractivity (Wildman–Crippen MR) is 86.5 cm³/mol. The van der Waals surface area contributed by atoms with E-state index in [0.717, 1.165) is 32.1 Å². The fourth-order valence-corrected chi connectivity index (χ4v) is 2.67. The van der Waals surface area contributed by atoms with Gasteiger partial charge in [0.05, 0.1) is 0 Å². The van der Waals surface area contributed by atoms with Crippen molar-refractivity contribution in [2.75, 3.05) is 0 Å². The molecule has 4 nitrogen and oxygen atoms in total. The van der Waals surface area contributed by atoms with Gasteiger partial charge in [0, 0.05) is 12.4 Å². The molecule has 0 aromatic rings. The Kier molecular flexibility index (Phi) is 23.1. The predicted octanol–water partition coefficient (Wildman–Crippen LogP) is 1.07. The van der Waals surface area contributed by atoms with E-state index < -0.39 is 11.9 Å². The first-order chi connectivity index (χ1) is 10.6. The molecule has 0 saturated carbocycles. The monoisotopic (exact) mass is 352 g/mol. The van der Waals surface area contributed by atoms with Gasteiger partial charge in [-0.25, -0.2) is 0 Å². The SMILES string of the molecule is O=C([O-])CCCCCCCCCCCCCCCCC(=O)O.[K+]. The van der Waals surface area contributed by atoms with Crippen molar-refractivity contribution in [3.05, 3.63) is 0 Å². The van der Waals surface area contributed by atoms with E-state index in [4.69, 9.17) is 5.11 Å². The molecule has 0 aliphatic heterocycles. The molecule has 1 N–H and O–H groups in total. The maximum Gasteiger partial charge on any atom is 1.00 e. The van der Waals surface area contributed by atoms with E-state index in [-0.39, 0.29) is 57.8 Å². The van der Waals surface area contributed by atoms with E-state index in [1.54, 1.807) is 0 Å².